The largest absolute Gasteiger partial charge is 0.493 e. The summed E-state index contributed by atoms with van der Waals surface area (Å²) in [7, 11) is 1.56. The number of methoxy groups -OCH3 is 1. The van der Waals surface area contributed by atoms with Gasteiger partial charge in [0.15, 0.2) is 11.5 Å². The summed E-state index contributed by atoms with van der Waals surface area (Å²) in [4.78, 5) is 0. The molecular formula is C19H22Cl3NO3. The van der Waals surface area contributed by atoms with Gasteiger partial charge in [0, 0.05) is 28.2 Å². The zero-order valence-corrected chi connectivity index (χ0v) is 17.0. The lowest BCUT2D eigenvalue weighted by Crippen LogP contribution is -2.31. The van der Waals surface area contributed by atoms with Crippen molar-refractivity contribution in [1.29, 1.82) is 0 Å². The molecular weight excluding hydrogens is 397 g/mol. The van der Waals surface area contributed by atoms with Crippen molar-refractivity contribution in [2.75, 3.05) is 13.7 Å². The summed E-state index contributed by atoms with van der Waals surface area (Å²) in [6.07, 6.45) is 0.834. The molecule has 0 radical (unpaired) electrons. The van der Waals surface area contributed by atoms with Crippen molar-refractivity contribution in [3.05, 3.63) is 56.5 Å². The van der Waals surface area contributed by atoms with Gasteiger partial charge in [-0.1, -0.05) is 47.8 Å². The van der Waals surface area contributed by atoms with E-state index in [2.05, 4.69) is 5.32 Å². The molecule has 0 heterocycles. The third-order valence-corrected chi connectivity index (χ3v) is 5.01. The van der Waals surface area contributed by atoms with Gasteiger partial charge in [-0.15, -0.1) is 0 Å². The quantitative estimate of drug-likeness (QED) is 0.595. The lowest BCUT2D eigenvalue weighted by atomic mass is 10.1. The molecule has 0 fully saturated rings. The molecule has 2 aromatic rings. The Morgan fingerprint density at radius 2 is 1.81 bits per heavy atom. The fourth-order valence-electron chi connectivity index (χ4n) is 2.43. The van der Waals surface area contributed by atoms with E-state index in [1.54, 1.807) is 25.3 Å². The number of aliphatic hydroxyl groups excluding tert-OH is 1. The van der Waals surface area contributed by atoms with Crippen LogP contribution in [0.25, 0.3) is 0 Å². The van der Waals surface area contributed by atoms with Crippen LogP contribution >= 0.6 is 34.8 Å². The molecule has 0 saturated heterocycles. The van der Waals surface area contributed by atoms with Crippen molar-refractivity contribution in [3.8, 4) is 11.5 Å². The Morgan fingerprint density at radius 3 is 2.38 bits per heavy atom. The van der Waals surface area contributed by atoms with Crippen LogP contribution in [0.4, 0.5) is 0 Å². The number of nitrogens with one attached hydrogen (secondary N) is 1. The predicted molar refractivity (Wildman–Crippen MR) is 107 cm³/mol. The Morgan fingerprint density at radius 1 is 1.12 bits per heavy atom. The molecule has 0 saturated carbocycles. The van der Waals surface area contributed by atoms with Crippen molar-refractivity contribution in [2.24, 2.45) is 0 Å². The number of aliphatic hydroxyl groups is 1. The number of benzene rings is 2. The molecule has 2 N–H and O–H groups in total. The molecule has 2 aromatic carbocycles. The van der Waals surface area contributed by atoms with Gasteiger partial charge in [0.1, 0.15) is 6.61 Å². The molecule has 0 spiro atoms. The van der Waals surface area contributed by atoms with Crippen LogP contribution in [0.5, 0.6) is 11.5 Å². The van der Waals surface area contributed by atoms with E-state index < -0.39 is 0 Å². The summed E-state index contributed by atoms with van der Waals surface area (Å²) in [5.41, 5.74) is 1.62. The molecule has 0 unspecified atom stereocenters. The van der Waals surface area contributed by atoms with Gasteiger partial charge < -0.3 is 19.9 Å². The standard InChI is InChI=1S/C19H22Cl3NO3/c1-3-13(10-24)23-9-12-7-17(22)19(18(8-12)25-2)26-11-14-15(20)5-4-6-16(14)21/h4-8,13,23-24H,3,9-11H2,1-2H3/t13-/m1/s1. The normalized spacial score (nSPS) is 12.1. The van der Waals surface area contributed by atoms with Gasteiger partial charge in [0.2, 0.25) is 0 Å². The molecule has 26 heavy (non-hydrogen) atoms. The Hall–Kier alpha value is -1.17. The predicted octanol–water partition coefficient (Wildman–Crippen LogP) is 5.09. The highest BCUT2D eigenvalue weighted by atomic mass is 35.5. The highest BCUT2D eigenvalue weighted by Gasteiger charge is 2.15. The van der Waals surface area contributed by atoms with E-state index >= 15 is 0 Å². The number of rotatable bonds is 9. The minimum atomic E-state index is 0.0399. The molecule has 142 valence electrons. The molecule has 0 aromatic heterocycles. The third-order valence-electron chi connectivity index (χ3n) is 4.02. The highest BCUT2D eigenvalue weighted by Crippen LogP contribution is 2.38. The van der Waals surface area contributed by atoms with E-state index in [-0.39, 0.29) is 19.3 Å². The molecule has 1 atom stereocenters. The van der Waals surface area contributed by atoms with Gasteiger partial charge in [-0.25, -0.2) is 0 Å². The summed E-state index contributed by atoms with van der Waals surface area (Å²) < 4.78 is 11.3. The molecule has 0 aliphatic carbocycles. The van der Waals surface area contributed by atoms with Gasteiger partial charge in [-0.2, -0.15) is 0 Å². The first-order valence-corrected chi connectivity index (χ1v) is 9.39. The summed E-state index contributed by atoms with van der Waals surface area (Å²) in [6.45, 7) is 2.83. The van der Waals surface area contributed by atoms with Crippen LogP contribution in [0.15, 0.2) is 30.3 Å². The average Bonchev–Trinajstić information content (AvgIpc) is 2.63. The number of hydrogen-bond acceptors (Lipinski definition) is 4. The fraction of sp³-hybridized carbons (Fsp3) is 0.368. The van der Waals surface area contributed by atoms with E-state index in [0.29, 0.717) is 38.7 Å². The molecule has 0 aliphatic rings. The maximum Gasteiger partial charge on any atom is 0.180 e. The van der Waals surface area contributed by atoms with Crippen molar-refractivity contribution in [2.45, 2.75) is 32.5 Å². The van der Waals surface area contributed by atoms with E-state index in [4.69, 9.17) is 44.3 Å². The van der Waals surface area contributed by atoms with Crippen LogP contribution < -0.4 is 14.8 Å². The van der Waals surface area contributed by atoms with Gasteiger partial charge in [-0.3, -0.25) is 0 Å². The van der Waals surface area contributed by atoms with Gasteiger partial charge in [0.05, 0.1) is 18.7 Å². The number of hydrogen-bond donors (Lipinski definition) is 2. The van der Waals surface area contributed by atoms with Crippen molar-refractivity contribution >= 4 is 34.8 Å². The average molecular weight is 419 g/mol. The maximum absolute atomic E-state index is 9.27. The number of ether oxygens (including phenoxy) is 2. The lowest BCUT2D eigenvalue weighted by Gasteiger charge is -2.17. The Bertz CT molecular complexity index is 716. The minimum Gasteiger partial charge on any atom is -0.493 e. The van der Waals surface area contributed by atoms with Gasteiger partial charge in [-0.05, 0) is 36.2 Å². The molecule has 7 heteroatoms. The first-order chi connectivity index (χ1) is 12.5. The van der Waals surface area contributed by atoms with Crippen LogP contribution in [-0.2, 0) is 13.2 Å². The molecule has 4 nitrogen and oxygen atoms in total. The first-order valence-electron chi connectivity index (χ1n) is 8.26. The zero-order chi connectivity index (χ0) is 19.1. The fourth-order valence-corrected chi connectivity index (χ4v) is 3.22. The minimum absolute atomic E-state index is 0.0399. The van der Waals surface area contributed by atoms with E-state index in [9.17, 15) is 5.11 Å². The van der Waals surface area contributed by atoms with E-state index in [0.717, 1.165) is 12.0 Å². The smallest absolute Gasteiger partial charge is 0.180 e. The summed E-state index contributed by atoms with van der Waals surface area (Å²) in [5, 5.41) is 14.0. The van der Waals surface area contributed by atoms with Crippen LogP contribution in [0.1, 0.15) is 24.5 Å². The second-order valence-electron chi connectivity index (χ2n) is 5.77. The van der Waals surface area contributed by atoms with E-state index in [1.165, 1.54) is 0 Å². The molecule has 2 rings (SSSR count). The van der Waals surface area contributed by atoms with Crippen LogP contribution in [0, 0.1) is 0 Å². The highest BCUT2D eigenvalue weighted by molar-refractivity contribution is 6.36. The van der Waals surface area contributed by atoms with Gasteiger partial charge in [0.25, 0.3) is 0 Å². The topological polar surface area (TPSA) is 50.7 Å². The Labute approximate surface area is 169 Å². The molecule has 0 aliphatic heterocycles. The van der Waals surface area contributed by atoms with Crippen LogP contribution in [0.2, 0.25) is 15.1 Å². The monoisotopic (exact) mass is 417 g/mol. The van der Waals surface area contributed by atoms with Crippen molar-refractivity contribution < 1.29 is 14.6 Å². The lowest BCUT2D eigenvalue weighted by molar-refractivity contribution is 0.238. The van der Waals surface area contributed by atoms with Crippen LogP contribution in [-0.4, -0.2) is 24.9 Å². The summed E-state index contributed by atoms with van der Waals surface area (Å²) in [6, 6.07) is 8.99. The second kappa shape index (κ2) is 10.2. The summed E-state index contributed by atoms with van der Waals surface area (Å²) >= 11 is 18.7. The number of halogens is 3. The van der Waals surface area contributed by atoms with E-state index in [1.807, 2.05) is 19.1 Å². The second-order valence-corrected chi connectivity index (χ2v) is 6.99. The van der Waals surface area contributed by atoms with Crippen LogP contribution in [0.3, 0.4) is 0 Å². The maximum atomic E-state index is 9.27. The Balaban J connectivity index is 2.16. The van der Waals surface area contributed by atoms with Crippen molar-refractivity contribution in [1.82, 2.24) is 5.32 Å². The third kappa shape index (κ3) is 5.41. The van der Waals surface area contributed by atoms with Gasteiger partial charge >= 0.3 is 0 Å². The zero-order valence-electron chi connectivity index (χ0n) is 14.7. The SMILES string of the molecule is CC[C@H](CO)NCc1cc(Cl)c(OCc2c(Cl)cccc2Cl)c(OC)c1. The van der Waals surface area contributed by atoms with Crippen molar-refractivity contribution in [3.63, 3.8) is 0 Å². The molecule has 0 bridgehead atoms. The first kappa shape index (κ1) is 21.1. The summed E-state index contributed by atoms with van der Waals surface area (Å²) in [5.74, 6) is 0.956. The molecule has 0 amide bonds. The Kier molecular flexibility index (Phi) is 8.32.